The van der Waals surface area contributed by atoms with Crippen LogP contribution in [0.15, 0.2) is 18.5 Å². The first-order valence-electron chi connectivity index (χ1n) is 7.63. The maximum atomic E-state index is 11.8. The van der Waals surface area contributed by atoms with Crippen LogP contribution in [0.4, 0.5) is 0 Å². The van der Waals surface area contributed by atoms with Crippen molar-refractivity contribution in [3.8, 4) is 0 Å². The van der Waals surface area contributed by atoms with E-state index in [2.05, 4.69) is 17.2 Å². The first-order chi connectivity index (χ1) is 9.75. The van der Waals surface area contributed by atoms with Gasteiger partial charge in [-0.05, 0) is 12.5 Å². The standard InChI is InChI=1S/C16H25ClN2O/c1-2-3-4-5-6-7-8-9-11-19-16(20)14-13-18-12-10-15(14)17/h10,12-13H,2-9,11H2,1H3,(H,19,20). The summed E-state index contributed by atoms with van der Waals surface area (Å²) >= 11 is 5.94. The lowest BCUT2D eigenvalue weighted by molar-refractivity contribution is 0.0952. The molecule has 0 atom stereocenters. The Morgan fingerprint density at radius 2 is 1.80 bits per heavy atom. The monoisotopic (exact) mass is 296 g/mol. The van der Waals surface area contributed by atoms with Crippen LogP contribution in [0.3, 0.4) is 0 Å². The molecule has 0 saturated carbocycles. The number of halogens is 1. The van der Waals surface area contributed by atoms with Crippen molar-refractivity contribution in [1.29, 1.82) is 0 Å². The Hall–Kier alpha value is -1.09. The number of unbranched alkanes of at least 4 members (excludes halogenated alkanes) is 7. The summed E-state index contributed by atoms with van der Waals surface area (Å²) in [6.45, 7) is 2.94. The van der Waals surface area contributed by atoms with Gasteiger partial charge in [-0.15, -0.1) is 0 Å². The molecule has 0 aromatic carbocycles. The number of carbonyl (C=O) groups is 1. The highest BCUT2D eigenvalue weighted by Crippen LogP contribution is 2.13. The largest absolute Gasteiger partial charge is 0.352 e. The van der Waals surface area contributed by atoms with E-state index < -0.39 is 0 Å². The molecular formula is C16H25ClN2O. The Morgan fingerprint density at radius 3 is 2.45 bits per heavy atom. The molecule has 3 nitrogen and oxygen atoms in total. The Kier molecular flexibility index (Phi) is 9.05. The molecule has 1 N–H and O–H groups in total. The number of amides is 1. The molecule has 0 aliphatic heterocycles. The van der Waals surface area contributed by atoms with Crippen LogP contribution >= 0.6 is 11.6 Å². The van der Waals surface area contributed by atoms with Crippen molar-refractivity contribution in [1.82, 2.24) is 10.3 Å². The van der Waals surface area contributed by atoms with E-state index in [1.54, 1.807) is 12.3 Å². The normalized spacial score (nSPS) is 10.5. The van der Waals surface area contributed by atoms with Gasteiger partial charge in [0.2, 0.25) is 0 Å². The molecule has 0 radical (unpaired) electrons. The van der Waals surface area contributed by atoms with Crippen LogP contribution in [0, 0.1) is 0 Å². The highest BCUT2D eigenvalue weighted by atomic mass is 35.5. The third kappa shape index (κ3) is 6.90. The Morgan fingerprint density at radius 1 is 1.15 bits per heavy atom. The lowest BCUT2D eigenvalue weighted by Crippen LogP contribution is -2.24. The van der Waals surface area contributed by atoms with Gasteiger partial charge < -0.3 is 5.32 Å². The van der Waals surface area contributed by atoms with E-state index in [-0.39, 0.29) is 5.91 Å². The fourth-order valence-electron chi connectivity index (χ4n) is 2.10. The lowest BCUT2D eigenvalue weighted by atomic mass is 10.1. The van der Waals surface area contributed by atoms with Crippen LogP contribution in [0.25, 0.3) is 0 Å². The number of rotatable bonds is 10. The van der Waals surface area contributed by atoms with E-state index in [4.69, 9.17) is 11.6 Å². The minimum absolute atomic E-state index is 0.133. The van der Waals surface area contributed by atoms with Crippen molar-refractivity contribution in [2.24, 2.45) is 0 Å². The molecule has 1 amide bonds. The summed E-state index contributed by atoms with van der Waals surface area (Å²) < 4.78 is 0. The molecule has 0 spiro atoms. The number of carbonyl (C=O) groups excluding carboxylic acids is 1. The first kappa shape index (κ1) is 17.0. The molecule has 1 heterocycles. The van der Waals surface area contributed by atoms with Crippen LogP contribution < -0.4 is 5.32 Å². The van der Waals surface area contributed by atoms with Crippen molar-refractivity contribution >= 4 is 17.5 Å². The van der Waals surface area contributed by atoms with Crippen LogP contribution in [0.2, 0.25) is 5.02 Å². The molecule has 0 saturated heterocycles. The maximum Gasteiger partial charge on any atom is 0.254 e. The van der Waals surface area contributed by atoms with Crippen LogP contribution in [0.1, 0.15) is 68.6 Å². The topological polar surface area (TPSA) is 42.0 Å². The highest BCUT2D eigenvalue weighted by Gasteiger charge is 2.08. The van der Waals surface area contributed by atoms with Gasteiger partial charge in [0.05, 0.1) is 10.6 Å². The summed E-state index contributed by atoms with van der Waals surface area (Å²) in [5.41, 5.74) is 0.453. The minimum atomic E-state index is -0.133. The fraction of sp³-hybridized carbons (Fsp3) is 0.625. The lowest BCUT2D eigenvalue weighted by Gasteiger charge is -2.06. The van der Waals surface area contributed by atoms with Gasteiger partial charge >= 0.3 is 0 Å². The van der Waals surface area contributed by atoms with Gasteiger partial charge in [-0.1, -0.05) is 63.5 Å². The molecule has 4 heteroatoms. The highest BCUT2D eigenvalue weighted by molar-refractivity contribution is 6.33. The molecule has 0 unspecified atom stereocenters. The van der Waals surface area contributed by atoms with Gasteiger partial charge in [-0.3, -0.25) is 9.78 Å². The van der Waals surface area contributed by atoms with Crippen LogP contribution in [0.5, 0.6) is 0 Å². The smallest absolute Gasteiger partial charge is 0.254 e. The van der Waals surface area contributed by atoms with E-state index in [1.807, 2.05) is 0 Å². The van der Waals surface area contributed by atoms with Crippen molar-refractivity contribution in [3.05, 3.63) is 29.0 Å². The third-order valence-corrected chi connectivity index (χ3v) is 3.66. The van der Waals surface area contributed by atoms with E-state index in [0.29, 0.717) is 17.1 Å². The van der Waals surface area contributed by atoms with Crippen molar-refractivity contribution in [3.63, 3.8) is 0 Å². The summed E-state index contributed by atoms with van der Waals surface area (Å²) in [7, 11) is 0. The minimum Gasteiger partial charge on any atom is -0.352 e. The number of nitrogens with zero attached hydrogens (tertiary/aromatic N) is 1. The number of pyridine rings is 1. The number of aromatic nitrogens is 1. The summed E-state index contributed by atoms with van der Waals surface area (Å²) in [5.74, 6) is -0.133. The van der Waals surface area contributed by atoms with Gasteiger partial charge in [0, 0.05) is 18.9 Å². The zero-order chi connectivity index (χ0) is 14.6. The summed E-state index contributed by atoms with van der Waals surface area (Å²) in [6.07, 6.45) is 13.2. The molecular weight excluding hydrogens is 272 g/mol. The predicted octanol–water partition coefficient (Wildman–Crippen LogP) is 4.61. The van der Waals surface area contributed by atoms with E-state index in [1.165, 1.54) is 51.1 Å². The molecule has 0 aliphatic carbocycles. The summed E-state index contributed by atoms with van der Waals surface area (Å²) in [4.78, 5) is 15.8. The van der Waals surface area contributed by atoms with E-state index >= 15 is 0 Å². The average molecular weight is 297 g/mol. The second-order valence-electron chi connectivity index (χ2n) is 5.09. The van der Waals surface area contributed by atoms with Crippen LogP contribution in [-0.2, 0) is 0 Å². The SMILES string of the molecule is CCCCCCCCCCNC(=O)c1cnccc1Cl. The fourth-order valence-corrected chi connectivity index (χ4v) is 2.29. The zero-order valence-electron chi connectivity index (χ0n) is 12.3. The molecule has 1 aromatic heterocycles. The summed E-state index contributed by atoms with van der Waals surface area (Å²) in [6, 6.07) is 1.63. The van der Waals surface area contributed by atoms with Crippen LogP contribution in [-0.4, -0.2) is 17.4 Å². The van der Waals surface area contributed by atoms with Gasteiger partial charge in [-0.2, -0.15) is 0 Å². The van der Waals surface area contributed by atoms with Gasteiger partial charge in [-0.25, -0.2) is 0 Å². The quantitative estimate of drug-likeness (QED) is 0.641. The second kappa shape index (κ2) is 10.7. The number of hydrogen-bond acceptors (Lipinski definition) is 2. The van der Waals surface area contributed by atoms with Gasteiger partial charge in [0.25, 0.3) is 5.91 Å². The van der Waals surface area contributed by atoms with Crippen molar-refractivity contribution in [2.45, 2.75) is 58.3 Å². The molecule has 0 aliphatic rings. The Labute approximate surface area is 127 Å². The number of hydrogen-bond donors (Lipinski definition) is 1. The third-order valence-electron chi connectivity index (χ3n) is 3.33. The molecule has 20 heavy (non-hydrogen) atoms. The first-order valence-corrected chi connectivity index (χ1v) is 8.01. The van der Waals surface area contributed by atoms with Crippen molar-refractivity contribution in [2.75, 3.05) is 6.54 Å². The molecule has 0 bridgehead atoms. The molecule has 112 valence electrons. The molecule has 1 aromatic rings. The summed E-state index contributed by atoms with van der Waals surface area (Å²) in [5, 5.41) is 3.34. The van der Waals surface area contributed by atoms with Gasteiger partial charge in [0.1, 0.15) is 0 Å². The zero-order valence-corrected chi connectivity index (χ0v) is 13.1. The maximum absolute atomic E-state index is 11.8. The molecule has 0 fully saturated rings. The van der Waals surface area contributed by atoms with E-state index in [9.17, 15) is 4.79 Å². The second-order valence-corrected chi connectivity index (χ2v) is 5.49. The van der Waals surface area contributed by atoms with Gasteiger partial charge in [0.15, 0.2) is 0 Å². The Balaban J connectivity index is 2.04. The van der Waals surface area contributed by atoms with E-state index in [0.717, 1.165) is 6.42 Å². The average Bonchev–Trinajstić information content (AvgIpc) is 2.46. The molecule has 1 rings (SSSR count). The predicted molar refractivity (Wildman–Crippen MR) is 84.2 cm³/mol. The number of nitrogens with one attached hydrogen (secondary N) is 1. The van der Waals surface area contributed by atoms with Crippen molar-refractivity contribution < 1.29 is 4.79 Å². The Bertz CT molecular complexity index is 396.